The summed E-state index contributed by atoms with van der Waals surface area (Å²) < 4.78 is 23.6. The first-order valence-electron chi connectivity index (χ1n) is 15.9. The van der Waals surface area contributed by atoms with E-state index in [2.05, 4.69) is 11.1 Å². The number of nitrogens with zero attached hydrogens (tertiary/aromatic N) is 1. The van der Waals surface area contributed by atoms with Crippen LogP contribution >= 0.6 is 0 Å². The molecule has 42 heavy (non-hydrogen) atoms. The summed E-state index contributed by atoms with van der Waals surface area (Å²) in [5, 5.41) is 13.7. The minimum absolute atomic E-state index is 0. The molecule has 0 saturated carbocycles. The van der Waals surface area contributed by atoms with Gasteiger partial charge < -0.3 is 9.84 Å². The predicted octanol–water partition coefficient (Wildman–Crippen LogP) is 10.4. The van der Waals surface area contributed by atoms with Crippen LogP contribution in [0.3, 0.4) is 0 Å². The zero-order chi connectivity index (χ0) is 31.5. The fourth-order valence-corrected chi connectivity index (χ4v) is 5.35. The van der Waals surface area contributed by atoms with Crippen molar-refractivity contribution in [2.24, 2.45) is 17.3 Å². The van der Waals surface area contributed by atoms with Crippen molar-refractivity contribution in [1.82, 2.24) is 4.98 Å². The van der Waals surface area contributed by atoms with Gasteiger partial charge in [0.15, 0.2) is 5.78 Å². The topological polar surface area (TPSA) is 59.4 Å². The first kappa shape index (κ1) is 30.4. The average molecular weight is 745 g/mol. The van der Waals surface area contributed by atoms with E-state index in [1.165, 1.54) is 6.08 Å². The van der Waals surface area contributed by atoms with Gasteiger partial charge >= 0.3 is 0 Å². The molecule has 5 rings (SSSR count). The van der Waals surface area contributed by atoms with E-state index in [0.717, 1.165) is 58.5 Å². The zero-order valence-corrected chi connectivity index (χ0v) is 28.2. The number of ketones is 1. The Morgan fingerprint density at radius 2 is 1.64 bits per heavy atom. The van der Waals surface area contributed by atoms with Crippen molar-refractivity contribution in [2.45, 2.75) is 80.5 Å². The van der Waals surface area contributed by atoms with Crippen LogP contribution in [0.5, 0.6) is 11.5 Å². The minimum Gasteiger partial charge on any atom is -0.512 e. The van der Waals surface area contributed by atoms with E-state index in [9.17, 15) is 9.90 Å². The minimum atomic E-state index is -1.50. The maximum Gasteiger partial charge on any atom is 0.162 e. The van der Waals surface area contributed by atoms with Crippen molar-refractivity contribution in [2.75, 3.05) is 0 Å². The van der Waals surface area contributed by atoms with Gasteiger partial charge in [-0.2, -0.15) is 0 Å². The molecule has 2 heterocycles. The van der Waals surface area contributed by atoms with E-state index < -0.39 is 11.8 Å². The third kappa shape index (κ3) is 7.68. The summed E-state index contributed by atoms with van der Waals surface area (Å²) in [7, 11) is 0. The van der Waals surface area contributed by atoms with E-state index >= 15 is 0 Å². The van der Waals surface area contributed by atoms with E-state index in [-0.39, 0.29) is 43.5 Å². The number of hydrogen-bond acceptors (Lipinski definition) is 4. The fourth-order valence-electron chi connectivity index (χ4n) is 5.35. The molecule has 0 atom stereocenters. The monoisotopic (exact) mass is 745 g/mol. The summed E-state index contributed by atoms with van der Waals surface area (Å²) in [6.07, 6.45) is 5.18. The number of allylic oxidation sites excluding steroid dienone is 2. The molecule has 5 heteroatoms. The molecule has 0 bridgehead atoms. The molecule has 225 valence electrons. The van der Waals surface area contributed by atoms with Crippen LogP contribution in [0.15, 0.2) is 66.6 Å². The molecule has 0 spiro atoms. The summed E-state index contributed by atoms with van der Waals surface area (Å²) >= 11 is 0. The van der Waals surface area contributed by atoms with E-state index in [0.29, 0.717) is 17.1 Å². The molecule has 4 nitrogen and oxygen atoms in total. The van der Waals surface area contributed by atoms with Crippen molar-refractivity contribution in [3.8, 4) is 22.8 Å². The van der Waals surface area contributed by atoms with Gasteiger partial charge in [0.2, 0.25) is 0 Å². The number of pyridine rings is 1. The van der Waals surface area contributed by atoms with E-state index in [1.54, 1.807) is 6.20 Å². The normalized spacial score (nSPS) is 13.5. The summed E-state index contributed by atoms with van der Waals surface area (Å²) in [6, 6.07) is 19.2. The molecule has 1 aliphatic heterocycles. The van der Waals surface area contributed by atoms with Crippen molar-refractivity contribution < 1.29 is 37.5 Å². The number of carbonyl (C=O) groups excluding carboxylic acids is 1. The maximum absolute atomic E-state index is 11.7. The Kier molecular flexibility index (Phi) is 10.5. The largest absolute Gasteiger partial charge is 0.512 e. The predicted molar refractivity (Wildman–Crippen MR) is 171 cm³/mol. The number of ether oxygens (including phenoxy) is 1. The Morgan fingerprint density at radius 3 is 2.29 bits per heavy atom. The zero-order valence-electron chi connectivity index (χ0n) is 27.8. The maximum atomic E-state index is 11.7. The first-order valence-corrected chi connectivity index (χ1v) is 14.9. The number of rotatable bonds is 8. The number of fused-ring (bicyclic) bond motifs is 3. The number of aliphatic hydroxyl groups excluding tert-OH is 1. The number of benzene rings is 3. The second kappa shape index (κ2) is 14.4. The van der Waals surface area contributed by atoms with Crippen LogP contribution in [0, 0.1) is 23.3 Å². The molecule has 1 aromatic heterocycles. The van der Waals surface area contributed by atoms with Crippen molar-refractivity contribution in [1.29, 1.82) is 0 Å². The SMILES string of the molecule is CCC(CC)C(=O)/C=C(\O)C(CC)CC.[2H]C([2H])(c1cc2c3c(nccc3c1)-c1[c-]c3ccccc3cc1O2)C(C)(C)C.[Ir]. The summed E-state index contributed by atoms with van der Waals surface area (Å²) in [6.45, 7) is 13.8. The molecular weight excluding hydrogens is 699 g/mol. The molecule has 0 unspecified atom stereocenters. The molecular formula is C37H44IrNO3-. The van der Waals surface area contributed by atoms with Gasteiger partial charge in [0, 0.05) is 58.0 Å². The summed E-state index contributed by atoms with van der Waals surface area (Å²) in [5.41, 5.74) is 1.76. The third-order valence-electron chi connectivity index (χ3n) is 7.64. The van der Waals surface area contributed by atoms with Gasteiger partial charge in [0.25, 0.3) is 0 Å². The number of aromatic nitrogens is 1. The van der Waals surface area contributed by atoms with Crippen molar-refractivity contribution in [3.05, 3.63) is 78.2 Å². The van der Waals surface area contributed by atoms with Gasteiger partial charge in [-0.15, -0.1) is 17.5 Å². The fraction of sp³-hybridized carbons (Fsp3) is 0.405. The Balaban J connectivity index is 0.000000286. The van der Waals surface area contributed by atoms with Crippen molar-refractivity contribution in [3.63, 3.8) is 0 Å². The number of aliphatic hydroxyl groups is 1. The first-order chi connectivity index (χ1) is 20.4. The Hall–Kier alpha value is -3.01. The summed E-state index contributed by atoms with van der Waals surface area (Å²) in [5.74, 6) is 1.91. The number of hydrogen-bond donors (Lipinski definition) is 1. The quantitative estimate of drug-likeness (QED) is 0.0977. The van der Waals surface area contributed by atoms with Gasteiger partial charge in [0.1, 0.15) is 5.75 Å². The standard InChI is InChI=1S/C24H20NO.C13H24O2.Ir/c1-24(2,3)14-15-10-18-8-9-25-23-19-12-16-6-4-5-7-17(16)13-20(19)26-21(11-15)22(18)23;1-5-10(6-2)12(14)9-13(15)11(7-3)8-4;/h4-11,13H,14H2,1-3H3;9-11,14H,5-8H2,1-4H3;/q-1;;/b;12-9-;/i14D2;;. The molecule has 0 aliphatic carbocycles. The van der Waals surface area contributed by atoms with Crippen LogP contribution in [0.1, 0.15) is 82.5 Å². The van der Waals surface area contributed by atoms with Crippen LogP contribution in [-0.4, -0.2) is 15.9 Å². The summed E-state index contributed by atoms with van der Waals surface area (Å²) in [4.78, 5) is 16.3. The van der Waals surface area contributed by atoms with Gasteiger partial charge in [-0.3, -0.25) is 9.78 Å². The third-order valence-corrected chi connectivity index (χ3v) is 7.64. The Bertz CT molecular complexity index is 1650. The van der Waals surface area contributed by atoms with Gasteiger partial charge in [0.05, 0.1) is 11.5 Å². The molecule has 1 N–H and O–H groups in total. The van der Waals surface area contributed by atoms with Gasteiger partial charge in [-0.05, 0) is 60.6 Å². The van der Waals surface area contributed by atoms with Crippen LogP contribution in [0.25, 0.3) is 32.8 Å². The molecule has 0 fully saturated rings. The van der Waals surface area contributed by atoms with Crippen LogP contribution in [-0.2, 0) is 31.3 Å². The molecule has 0 saturated heterocycles. The average Bonchev–Trinajstić information content (AvgIpc) is 2.97. The van der Waals surface area contributed by atoms with Gasteiger partial charge in [-0.25, -0.2) is 0 Å². The van der Waals surface area contributed by atoms with E-state index in [4.69, 9.17) is 7.48 Å². The molecule has 0 amide bonds. The van der Waals surface area contributed by atoms with Crippen molar-refractivity contribution >= 4 is 27.3 Å². The molecule has 1 aliphatic rings. The Morgan fingerprint density at radius 1 is 0.976 bits per heavy atom. The van der Waals surface area contributed by atoms with Crippen LogP contribution in [0.4, 0.5) is 0 Å². The second-order valence-electron chi connectivity index (χ2n) is 11.8. The second-order valence-corrected chi connectivity index (χ2v) is 11.8. The smallest absolute Gasteiger partial charge is 0.162 e. The van der Waals surface area contributed by atoms with Crippen LogP contribution < -0.4 is 4.74 Å². The van der Waals surface area contributed by atoms with Gasteiger partial charge in [-0.1, -0.05) is 89.7 Å². The molecule has 4 aromatic rings. The van der Waals surface area contributed by atoms with E-state index in [1.807, 2.05) is 97.0 Å². The molecule has 3 aromatic carbocycles. The molecule has 1 radical (unpaired) electrons. The Labute approximate surface area is 267 Å². The number of carbonyl (C=O) groups is 1. The van der Waals surface area contributed by atoms with Crippen LogP contribution in [0.2, 0.25) is 0 Å².